The summed E-state index contributed by atoms with van der Waals surface area (Å²) in [6.45, 7) is 4.31. The van der Waals surface area contributed by atoms with Gasteiger partial charge in [0.05, 0.1) is 6.54 Å². The number of carbonyl (C=O) groups is 2. The zero-order valence-electron chi connectivity index (χ0n) is 8.15. The second-order valence-corrected chi connectivity index (χ2v) is 3.34. The van der Waals surface area contributed by atoms with E-state index in [0.717, 1.165) is 0 Å². The van der Waals surface area contributed by atoms with E-state index in [4.69, 9.17) is 0 Å². The molecule has 2 rings (SSSR count). The van der Waals surface area contributed by atoms with E-state index in [1.54, 1.807) is 13.1 Å². The number of guanidine groups is 1. The molecule has 0 bridgehead atoms. The molecule has 5 nitrogen and oxygen atoms in total. The number of rotatable bonds is 0. The first-order chi connectivity index (χ1) is 6.61. The van der Waals surface area contributed by atoms with Crippen molar-refractivity contribution in [3.8, 4) is 0 Å². The topological polar surface area (TPSA) is 53.0 Å². The van der Waals surface area contributed by atoms with E-state index < -0.39 is 0 Å². The number of aliphatic imine (C=N–C) groups is 1. The van der Waals surface area contributed by atoms with Gasteiger partial charge in [-0.2, -0.15) is 0 Å². The third kappa shape index (κ3) is 1.13. The maximum Gasteiger partial charge on any atom is 0.257 e. The standard InChI is InChI=1S/C9H11N3O2/c1-6-5-12(7(2)13)9-10-3-4-11(9)8(6)14/h5H,3-4H2,1-2H3. The van der Waals surface area contributed by atoms with Crippen molar-refractivity contribution in [1.29, 1.82) is 0 Å². The molecule has 2 aliphatic rings. The molecule has 0 fully saturated rings. The third-order valence-electron chi connectivity index (χ3n) is 2.28. The van der Waals surface area contributed by atoms with Gasteiger partial charge in [-0.15, -0.1) is 0 Å². The summed E-state index contributed by atoms with van der Waals surface area (Å²) in [6, 6.07) is 0. The molecular weight excluding hydrogens is 182 g/mol. The van der Waals surface area contributed by atoms with Crippen LogP contribution in [0.15, 0.2) is 16.8 Å². The summed E-state index contributed by atoms with van der Waals surface area (Å²) in [7, 11) is 0. The van der Waals surface area contributed by atoms with E-state index in [1.807, 2.05) is 0 Å². The molecular formula is C9H11N3O2. The fraction of sp³-hybridized carbons (Fsp3) is 0.444. The van der Waals surface area contributed by atoms with Crippen molar-refractivity contribution in [2.45, 2.75) is 13.8 Å². The van der Waals surface area contributed by atoms with Crippen molar-refractivity contribution in [2.75, 3.05) is 13.1 Å². The van der Waals surface area contributed by atoms with E-state index in [9.17, 15) is 9.59 Å². The molecule has 0 radical (unpaired) electrons. The highest BCUT2D eigenvalue weighted by Crippen LogP contribution is 2.17. The van der Waals surface area contributed by atoms with Gasteiger partial charge in [-0.25, -0.2) is 0 Å². The lowest BCUT2D eigenvalue weighted by Gasteiger charge is -2.29. The molecule has 2 amide bonds. The Morgan fingerprint density at radius 3 is 2.93 bits per heavy atom. The van der Waals surface area contributed by atoms with Crippen LogP contribution in [0.5, 0.6) is 0 Å². The van der Waals surface area contributed by atoms with Crippen LogP contribution in [0, 0.1) is 0 Å². The molecule has 0 unspecified atom stereocenters. The van der Waals surface area contributed by atoms with E-state index in [0.29, 0.717) is 24.6 Å². The molecule has 0 N–H and O–H groups in total. The summed E-state index contributed by atoms with van der Waals surface area (Å²) in [6.07, 6.45) is 1.55. The van der Waals surface area contributed by atoms with E-state index >= 15 is 0 Å². The molecule has 0 aliphatic carbocycles. The highest BCUT2D eigenvalue weighted by atomic mass is 16.2. The summed E-state index contributed by atoms with van der Waals surface area (Å²) >= 11 is 0. The van der Waals surface area contributed by atoms with Crippen molar-refractivity contribution < 1.29 is 9.59 Å². The Kier molecular flexibility index (Phi) is 1.87. The fourth-order valence-corrected chi connectivity index (χ4v) is 1.59. The van der Waals surface area contributed by atoms with Gasteiger partial charge in [0.1, 0.15) is 0 Å². The van der Waals surface area contributed by atoms with Crippen LogP contribution in [-0.2, 0) is 9.59 Å². The van der Waals surface area contributed by atoms with Crippen molar-refractivity contribution in [3.05, 3.63) is 11.8 Å². The van der Waals surface area contributed by atoms with Crippen LogP contribution in [0.4, 0.5) is 0 Å². The number of nitrogens with zero attached hydrogens (tertiary/aromatic N) is 3. The first-order valence-electron chi connectivity index (χ1n) is 4.46. The number of hydrogen-bond donors (Lipinski definition) is 0. The SMILES string of the molecule is CC(=O)N1C=C(C)C(=O)N2CCN=C12. The van der Waals surface area contributed by atoms with E-state index in [2.05, 4.69) is 4.99 Å². The van der Waals surface area contributed by atoms with Crippen LogP contribution in [0.3, 0.4) is 0 Å². The second-order valence-electron chi connectivity index (χ2n) is 3.34. The van der Waals surface area contributed by atoms with Gasteiger partial charge in [0, 0.05) is 25.2 Å². The maximum atomic E-state index is 11.6. The van der Waals surface area contributed by atoms with Gasteiger partial charge >= 0.3 is 0 Å². The van der Waals surface area contributed by atoms with Crippen LogP contribution < -0.4 is 0 Å². The quantitative estimate of drug-likeness (QED) is 0.541. The van der Waals surface area contributed by atoms with Gasteiger partial charge < -0.3 is 0 Å². The van der Waals surface area contributed by atoms with Crippen LogP contribution in [0.1, 0.15) is 13.8 Å². The third-order valence-corrected chi connectivity index (χ3v) is 2.28. The summed E-state index contributed by atoms with van der Waals surface area (Å²) in [4.78, 5) is 30.0. The first-order valence-corrected chi connectivity index (χ1v) is 4.46. The van der Waals surface area contributed by atoms with Gasteiger partial charge in [0.15, 0.2) is 0 Å². The summed E-state index contributed by atoms with van der Waals surface area (Å²) < 4.78 is 0. The minimum Gasteiger partial charge on any atom is -0.276 e. The van der Waals surface area contributed by atoms with Gasteiger partial charge in [0.25, 0.3) is 5.91 Å². The van der Waals surface area contributed by atoms with Crippen molar-refractivity contribution in [1.82, 2.24) is 9.80 Å². The molecule has 0 atom stereocenters. The Balaban J connectivity index is 2.44. The Labute approximate surface area is 81.7 Å². The average Bonchev–Trinajstić information content (AvgIpc) is 2.59. The normalized spacial score (nSPS) is 20.6. The lowest BCUT2D eigenvalue weighted by molar-refractivity contribution is -0.126. The molecule has 0 aromatic carbocycles. The Morgan fingerprint density at radius 1 is 1.57 bits per heavy atom. The Morgan fingerprint density at radius 2 is 2.29 bits per heavy atom. The molecule has 0 aromatic heterocycles. The lowest BCUT2D eigenvalue weighted by Crippen LogP contribution is -2.48. The summed E-state index contributed by atoms with van der Waals surface area (Å²) in [5.74, 6) is 0.286. The number of hydrogen-bond acceptors (Lipinski definition) is 3. The van der Waals surface area contributed by atoms with Gasteiger partial charge in [-0.3, -0.25) is 24.4 Å². The molecule has 14 heavy (non-hydrogen) atoms. The van der Waals surface area contributed by atoms with Crippen molar-refractivity contribution >= 4 is 17.8 Å². The number of amides is 2. The predicted molar refractivity (Wildman–Crippen MR) is 50.3 cm³/mol. The second kappa shape index (κ2) is 2.94. The van der Waals surface area contributed by atoms with Gasteiger partial charge in [0.2, 0.25) is 11.9 Å². The largest absolute Gasteiger partial charge is 0.276 e. The first kappa shape index (κ1) is 8.93. The number of fused-ring (bicyclic) bond motifs is 1. The summed E-state index contributed by atoms with van der Waals surface area (Å²) in [5.41, 5.74) is 0.570. The molecule has 2 heterocycles. The summed E-state index contributed by atoms with van der Waals surface area (Å²) in [5, 5.41) is 0. The molecule has 74 valence electrons. The maximum absolute atomic E-state index is 11.6. The van der Waals surface area contributed by atoms with Crippen molar-refractivity contribution in [2.24, 2.45) is 4.99 Å². The fourth-order valence-electron chi connectivity index (χ4n) is 1.59. The minimum atomic E-state index is -0.123. The zero-order chi connectivity index (χ0) is 10.3. The molecule has 0 spiro atoms. The zero-order valence-corrected chi connectivity index (χ0v) is 8.15. The van der Waals surface area contributed by atoms with Gasteiger partial charge in [-0.1, -0.05) is 0 Å². The van der Waals surface area contributed by atoms with E-state index in [-0.39, 0.29) is 11.8 Å². The van der Waals surface area contributed by atoms with Crippen LogP contribution >= 0.6 is 0 Å². The highest BCUT2D eigenvalue weighted by Gasteiger charge is 2.34. The lowest BCUT2D eigenvalue weighted by atomic mass is 10.2. The Hall–Kier alpha value is -1.65. The molecule has 0 aromatic rings. The number of carbonyl (C=O) groups excluding carboxylic acids is 2. The average molecular weight is 193 g/mol. The van der Waals surface area contributed by atoms with E-state index in [1.165, 1.54) is 16.7 Å². The van der Waals surface area contributed by atoms with Crippen LogP contribution in [0.2, 0.25) is 0 Å². The molecule has 2 aliphatic heterocycles. The monoisotopic (exact) mass is 193 g/mol. The van der Waals surface area contributed by atoms with Gasteiger partial charge in [-0.05, 0) is 6.92 Å². The molecule has 0 saturated carbocycles. The predicted octanol–water partition coefficient (Wildman–Crippen LogP) is -0.0495. The smallest absolute Gasteiger partial charge is 0.257 e. The van der Waals surface area contributed by atoms with Crippen LogP contribution in [0.25, 0.3) is 0 Å². The minimum absolute atomic E-state index is 0.0567. The molecule has 5 heteroatoms. The molecule has 0 saturated heterocycles. The van der Waals surface area contributed by atoms with Crippen molar-refractivity contribution in [3.63, 3.8) is 0 Å². The highest BCUT2D eigenvalue weighted by molar-refractivity contribution is 6.13. The Bertz CT molecular complexity index is 370. The van der Waals surface area contributed by atoms with Crippen LogP contribution in [-0.4, -0.2) is 40.7 Å².